The molecule has 0 aliphatic carbocycles. The van der Waals surface area contributed by atoms with Crippen LogP contribution in [-0.2, 0) is 0 Å². The minimum atomic E-state index is 1.12. The van der Waals surface area contributed by atoms with Crippen LogP contribution in [0.15, 0.2) is 183 Å². The molecule has 3 heteroatoms. The predicted octanol–water partition coefficient (Wildman–Crippen LogP) is 14.2. The van der Waals surface area contributed by atoms with Crippen molar-refractivity contribution in [2.45, 2.75) is 0 Å². The van der Waals surface area contributed by atoms with Crippen LogP contribution in [0.25, 0.3) is 103 Å². The number of rotatable bonds is 5. The first-order valence-corrected chi connectivity index (χ1v) is 18.9. The summed E-state index contributed by atoms with van der Waals surface area (Å²) in [5, 5.41) is 7.59. The molecular weight excluding hydrogens is 661 g/mol. The lowest BCUT2D eigenvalue weighted by atomic mass is 10.00. The molecule has 0 atom stereocenters. The maximum atomic E-state index is 4.08. The van der Waals surface area contributed by atoms with Crippen molar-refractivity contribution in [3.63, 3.8) is 0 Å². The van der Waals surface area contributed by atoms with Crippen molar-refractivity contribution in [1.82, 2.24) is 9.13 Å². The lowest BCUT2D eigenvalue weighted by Crippen LogP contribution is -1.94. The molecule has 0 spiro atoms. The van der Waals surface area contributed by atoms with E-state index in [1.54, 1.807) is 0 Å². The number of nitrogens with zero attached hydrogens (tertiary/aromatic N) is 2. The highest BCUT2D eigenvalue weighted by Crippen LogP contribution is 2.40. The highest BCUT2D eigenvalue weighted by molar-refractivity contribution is 7.25. The first-order valence-electron chi connectivity index (χ1n) is 18.0. The Hall–Kier alpha value is -6.68. The molecule has 0 amide bonds. The maximum Gasteiger partial charge on any atom is 0.0541 e. The summed E-state index contributed by atoms with van der Waals surface area (Å²) in [6, 6.07) is 64.5. The van der Waals surface area contributed by atoms with Crippen molar-refractivity contribution in [1.29, 1.82) is 0 Å². The van der Waals surface area contributed by atoms with Gasteiger partial charge in [-0.25, -0.2) is 0 Å². The molecule has 3 heterocycles. The van der Waals surface area contributed by atoms with Crippen LogP contribution in [0, 0.1) is 0 Å². The third kappa shape index (κ3) is 4.64. The summed E-state index contributed by atoms with van der Waals surface area (Å²) in [6.45, 7) is 4.08. The Balaban J connectivity index is 1.07. The molecule has 3 aromatic heterocycles. The van der Waals surface area contributed by atoms with Crippen molar-refractivity contribution >= 4 is 81.2 Å². The number of benzene rings is 8. The summed E-state index contributed by atoms with van der Waals surface area (Å²) in [5.41, 5.74) is 13.1. The van der Waals surface area contributed by atoms with E-state index in [9.17, 15) is 0 Å². The average molecular weight is 693 g/mol. The monoisotopic (exact) mass is 692 g/mol. The Morgan fingerprint density at radius 3 is 1.64 bits per heavy atom. The van der Waals surface area contributed by atoms with E-state index in [4.69, 9.17) is 0 Å². The number of aromatic nitrogens is 2. The number of fused-ring (bicyclic) bond motifs is 9. The van der Waals surface area contributed by atoms with E-state index in [1.807, 2.05) is 17.4 Å². The van der Waals surface area contributed by atoms with Crippen LogP contribution >= 0.6 is 11.3 Å². The van der Waals surface area contributed by atoms with Gasteiger partial charge in [0.2, 0.25) is 0 Å². The zero-order valence-electron chi connectivity index (χ0n) is 28.8. The first-order chi connectivity index (χ1) is 26.2. The van der Waals surface area contributed by atoms with Crippen molar-refractivity contribution in [2.24, 2.45) is 0 Å². The number of hydrogen-bond acceptors (Lipinski definition) is 1. The minimum Gasteiger partial charge on any atom is -0.309 e. The van der Waals surface area contributed by atoms with Crippen molar-refractivity contribution < 1.29 is 0 Å². The summed E-state index contributed by atoms with van der Waals surface area (Å²) in [5.74, 6) is 0. The van der Waals surface area contributed by atoms with Gasteiger partial charge in [0.1, 0.15) is 0 Å². The smallest absolute Gasteiger partial charge is 0.0541 e. The largest absolute Gasteiger partial charge is 0.309 e. The topological polar surface area (TPSA) is 9.86 Å². The van der Waals surface area contributed by atoms with Crippen LogP contribution in [0.3, 0.4) is 0 Å². The van der Waals surface area contributed by atoms with E-state index in [1.165, 1.54) is 91.7 Å². The first kappa shape index (κ1) is 30.0. The Morgan fingerprint density at radius 1 is 0.358 bits per heavy atom. The fraction of sp³-hybridized carbons (Fsp3) is 0. The summed E-state index contributed by atoms with van der Waals surface area (Å²) < 4.78 is 7.46. The van der Waals surface area contributed by atoms with Gasteiger partial charge in [0.25, 0.3) is 0 Å². The van der Waals surface area contributed by atoms with Crippen LogP contribution in [0.2, 0.25) is 0 Å². The molecule has 8 aromatic carbocycles. The van der Waals surface area contributed by atoms with E-state index in [0.29, 0.717) is 0 Å². The maximum absolute atomic E-state index is 4.08. The second-order valence-corrected chi connectivity index (χ2v) is 14.9. The third-order valence-electron chi connectivity index (χ3n) is 10.9. The molecule has 0 bridgehead atoms. The van der Waals surface area contributed by atoms with Crippen LogP contribution in [-0.4, -0.2) is 9.13 Å². The fourth-order valence-electron chi connectivity index (χ4n) is 8.34. The molecular formula is C50H32N2S. The van der Waals surface area contributed by atoms with E-state index >= 15 is 0 Å². The highest BCUT2D eigenvalue weighted by atomic mass is 32.1. The second-order valence-electron chi connectivity index (χ2n) is 13.8. The molecule has 11 rings (SSSR count). The molecule has 0 aliphatic heterocycles. The quantitative estimate of drug-likeness (QED) is 0.170. The Labute approximate surface area is 310 Å². The molecule has 0 unspecified atom stereocenters. The lowest BCUT2D eigenvalue weighted by molar-refractivity contribution is 1.18. The molecule has 2 nitrogen and oxygen atoms in total. The lowest BCUT2D eigenvalue weighted by Gasteiger charge is -2.10. The second kappa shape index (κ2) is 11.7. The SMILES string of the molecule is C=Cc1ccc2c(c1)c1cc(-c3ccc4c(c3)c3ccccc3n4-c3ccc4sc5ccccc5c4c3)ccc1n2-c1ccc(-c2ccccc2)cc1. The van der Waals surface area contributed by atoms with Gasteiger partial charge in [-0.15, -0.1) is 11.3 Å². The highest BCUT2D eigenvalue weighted by Gasteiger charge is 2.17. The molecule has 0 N–H and O–H groups in total. The summed E-state index contributed by atoms with van der Waals surface area (Å²) in [7, 11) is 0. The van der Waals surface area contributed by atoms with Gasteiger partial charge >= 0.3 is 0 Å². The van der Waals surface area contributed by atoms with Crippen LogP contribution in [0.1, 0.15) is 5.56 Å². The molecule has 0 saturated heterocycles. The van der Waals surface area contributed by atoms with Crippen LogP contribution < -0.4 is 0 Å². The van der Waals surface area contributed by atoms with Gasteiger partial charge in [0.05, 0.1) is 22.1 Å². The zero-order valence-corrected chi connectivity index (χ0v) is 29.6. The fourth-order valence-corrected chi connectivity index (χ4v) is 9.43. The number of para-hydroxylation sites is 1. The molecule has 0 fully saturated rings. The van der Waals surface area contributed by atoms with Gasteiger partial charge in [-0.2, -0.15) is 0 Å². The van der Waals surface area contributed by atoms with Gasteiger partial charge in [-0.1, -0.05) is 110 Å². The van der Waals surface area contributed by atoms with Crippen molar-refractivity contribution in [3.05, 3.63) is 188 Å². The summed E-state index contributed by atoms with van der Waals surface area (Å²) in [4.78, 5) is 0. The van der Waals surface area contributed by atoms with E-state index in [-0.39, 0.29) is 0 Å². The van der Waals surface area contributed by atoms with E-state index < -0.39 is 0 Å². The minimum absolute atomic E-state index is 1.12. The van der Waals surface area contributed by atoms with E-state index in [0.717, 1.165) is 11.3 Å². The molecule has 0 saturated carbocycles. The molecule has 0 aliphatic rings. The number of thiophene rings is 1. The zero-order chi connectivity index (χ0) is 35.0. The Morgan fingerprint density at radius 2 is 0.887 bits per heavy atom. The summed E-state index contributed by atoms with van der Waals surface area (Å²) in [6.07, 6.45) is 1.93. The third-order valence-corrected chi connectivity index (χ3v) is 12.0. The normalized spacial score (nSPS) is 11.8. The molecule has 53 heavy (non-hydrogen) atoms. The average Bonchev–Trinajstić information content (AvgIpc) is 3.87. The molecule has 11 aromatic rings. The summed E-state index contributed by atoms with van der Waals surface area (Å²) >= 11 is 1.86. The van der Waals surface area contributed by atoms with Crippen molar-refractivity contribution in [3.8, 4) is 33.6 Å². The van der Waals surface area contributed by atoms with Gasteiger partial charge in [-0.05, 0) is 107 Å². The standard InChI is InChI=1S/C50H32N2S/c1-2-32-16-24-46-41(28-32)43-30-36(20-26-48(43)51(46)37-21-17-34(18-22-37)33-10-4-3-5-11-33)35-19-25-47-42(29-35)39-12-6-8-14-45(39)52(47)38-23-27-50-44(31-38)40-13-7-9-15-49(40)53-50/h2-31H,1H2. The van der Waals surface area contributed by atoms with Crippen molar-refractivity contribution in [2.75, 3.05) is 0 Å². The molecule has 248 valence electrons. The van der Waals surface area contributed by atoms with Crippen LogP contribution in [0.5, 0.6) is 0 Å². The molecule has 0 radical (unpaired) electrons. The van der Waals surface area contributed by atoms with Gasteiger partial charge in [0, 0.05) is 53.1 Å². The van der Waals surface area contributed by atoms with Gasteiger partial charge in [0.15, 0.2) is 0 Å². The Kier molecular flexibility index (Phi) is 6.61. The number of hydrogen-bond donors (Lipinski definition) is 0. The van der Waals surface area contributed by atoms with E-state index in [2.05, 4.69) is 192 Å². The Bertz CT molecular complexity index is 3230. The van der Waals surface area contributed by atoms with Crippen LogP contribution in [0.4, 0.5) is 0 Å². The van der Waals surface area contributed by atoms with Gasteiger partial charge in [-0.3, -0.25) is 0 Å². The predicted molar refractivity (Wildman–Crippen MR) is 229 cm³/mol. The van der Waals surface area contributed by atoms with Gasteiger partial charge < -0.3 is 9.13 Å².